The fourth-order valence-electron chi connectivity index (χ4n) is 1.49. The Balaban J connectivity index is 2.47. The van der Waals surface area contributed by atoms with Gasteiger partial charge >= 0.3 is 11.9 Å². The summed E-state index contributed by atoms with van der Waals surface area (Å²) in [7, 11) is -3.55. The number of nitrogens with one attached hydrogen (secondary N) is 1. The molecule has 0 spiro atoms. The maximum Gasteiger partial charge on any atom is 0.330 e. The maximum absolute atomic E-state index is 11.6. The van der Waals surface area contributed by atoms with Crippen molar-refractivity contribution >= 4 is 22.1 Å². The standard InChI is InChI=1S/C10H17NO6S/c1-6(2)9(12)16-10(13)8-4-7(5-11-8)17-18(3,14)15/h6-8,11H,4-5H2,1-3H3. The lowest BCUT2D eigenvalue weighted by Gasteiger charge is -2.10. The van der Waals surface area contributed by atoms with Gasteiger partial charge in [0, 0.05) is 13.0 Å². The highest BCUT2D eigenvalue weighted by Gasteiger charge is 2.34. The van der Waals surface area contributed by atoms with E-state index in [0.29, 0.717) is 0 Å². The Morgan fingerprint density at radius 1 is 1.33 bits per heavy atom. The molecular formula is C10H17NO6S. The number of hydrogen-bond donors (Lipinski definition) is 1. The molecular weight excluding hydrogens is 262 g/mol. The Morgan fingerprint density at radius 3 is 2.44 bits per heavy atom. The second-order valence-corrected chi connectivity index (χ2v) is 6.11. The topological polar surface area (TPSA) is 98.8 Å². The van der Waals surface area contributed by atoms with Gasteiger partial charge < -0.3 is 10.1 Å². The van der Waals surface area contributed by atoms with Gasteiger partial charge in [0.05, 0.1) is 18.3 Å². The van der Waals surface area contributed by atoms with Crippen LogP contribution in [0.3, 0.4) is 0 Å². The van der Waals surface area contributed by atoms with E-state index in [-0.39, 0.29) is 13.0 Å². The second kappa shape index (κ2) is 5.77. The van der Waals surface area contributed by atoms with Crippen molar-refractivity contribution in [1.82, 2.24) is 5.32 Å². The molecule has 0 bridgehead atoms. The molecule has 1 heterocycles. The van der Waals surface area contributed by atoms with Gasteiger partial charge in [-0.1, -0.05) is 13.8 Å². The Bertz CT molecular complexity index is 430. The third kappa shape index (κ3) is 4.71. The van der Waals surface area contributed by atoms with Crippen LogP contribution in [0.1, 0.15) is 20.3 Å². The predicted molar refractivity (Wildman–Crippen MR) is 62.1 cm³/mol. The molecule has 7 nitrogen and oxygen atoms in total. The monoisotopic (exact) mass is 279 g/mol. The molecule has 18 heavy (non-hydrogen) atoms. The van der Waals surface area contributed by atoms with Crippen LogP contribution in [0.4, 0.5) is 0 Å². The van der Waals surface area contributed by atoms with Crippen molar-refractivity contribution in [1.29, 1.82) is 0 Å². The van der Waals surface area contributed by atoms with Gasteiger partial charge in [-0.3, -0.25) is 8.98 Å². The van der Waals surface area contributed by atoms with Crippen LogP contribution in [-0.2, 0) is 28.6 Å². The van der Waals surface area contributed by atoms with Crippen molar-refractivity contribution in [3.63, 3.8) is 0 Å². The van der Waals surface area contributed by atoms with Crippen LogP contribution in [-0.4, -0.2) is 45.3 Å². The van der Waals surface area contributed by atoms with E-state index in [1.807, 2.05) is 0 Å². The maximum atomic E-state index is 11.6. The molecule has 0 aromatic carbocycles. The molecule has 1 fully saturated rings. The molecule has 0 amide bonds. The molecule has 1 aliphatic heterocycles. The zero-order valence-corrected chi connectivity index (χ0v) is 11.3. The molecule has 1 saturated heterocycles. The number of ether oxygens (including phenoxy) is 1. The SMILES string of the molecule is CC(C)C(=O)OC(=O)C1CC(OS(C)(=O)=O)CN1. The summed E-state index contributed by atoms with van der Waals surface area (Å²) in [6.07, 6.45) is 0.504. The molecule has 1 N–H and O–H groups in total. The van der Waals surface area contributed by atoms with E-state index < -0.39 is 40.1 Å². The summed E-state index contributed by atoms with van der Waals surface area (Å²) in [4.78, 5) is 22.8. The van der Waals surface area contributed by atoms with E-state index in [1.165, 1.54) is 0 Å². The number of esters is 2. The van der Waals surface area contributed by atoms with E-state index in [0.717, 1.165) is 6.26 Å². The number of rotatable bonds is 4. The molecule has 8 heteroatoms. The fraction of sp³-hybridized carbons (Fsp3) is 0.800. The van der Waals surface area contributed by atoms with Gasteiger partial charge in [0.1, 0.15) is 6.04 Å². The van der Waals surface area contributed by atoms with Crippen molar-refractivity contribution in [3.8, 4) is 0 Å². The highest BCUT2D eigenvalue weighted by Crippen LogP contribution is 2.14. The molecule has 0 aliphatic carbocycles. The van der Waals surface area contributed by atoms with Crippen molar-refractivity contribution in [2.24, 2.45) is 5.92 Å². The largest absolute Gasteiger partial charge is 0.392 e. The van der Waals surface area contributed by atoms with Gasteiger partial charge in [-0.15, -0.1) is 0 Å². The first kappa shape index (κ1) is 15.1. The van der Waals surface area contributed by atoms with E-state index in [2.05, 4.69) is 10.1 Å². The van der Waals surface area contributed by atoms with Gasteiger partial charge in [0.15, 0.2) is 0 Å². The summed E-state index contributed by atoms with van der Waals surface area (Å²) in [5.41, 5.74) is 0. The van der Waals surface area contributed by atoms with E-state index >= 15 is 0 Å². The summed E-state index contributed by atoms with van der Waals surface area (Å²) >= 11 is 0. The van der Waals surface area contributed by atoms with Crippen LogP contribution in [0.5, 0.6) is 0 Å². The average Bonchev–Trinajstić information content (AvgIpc) is 2.63. The van der Waals surface area contributed by atoms with Crippen molar-refractivity contribution < 1.29 is 26.9 Å². The Hall–Kier alpha value is -0.990. The van der Waals surface area contributed by atoms with Crippen LogP contribution < -0.4 is 5.32 Å². The first-order valence-electron chi connectivity index (χ1n) is 5.56. The van der Waals surface area contributed by atoms with E-state index in [4.69, 9.17) is 4.18 Å². The number of carbonyl (C=O) groups excluding carboxylic acids is 2. The molecule has 0 radical (unpaired) electrons. The first-order chi connectivity index (χ1) is 8.19. The van der Waals surface area contributed by atoms with E-state index in [9.17, 15) is 18.0 Å². The molecule has 104 valence electrons. The normalized spacial score (nSPS) is 24.2. The van der Waals surface area contributed by atoms with Gasteiger partial charge in [0.2, 0.25) is 0 Å². The van der Waals surface area contributed by atoms with Gasteiger partial charge in [-0.25, -0.2) is 4.79 Å². The number of hydrogen-bond acceptors (Lipinski definition) is 7. The Morgan fingerprint density at radius 2 is 1.94 bits per heavy atom. The summed E-state index contributed by atoms with van der Waals surface area (Å²) in [6.45, 7) is 3.46. The van der Waals surface area contributed by atoms with Crippen molar-refractivity contribution in [2.75, 3.05) is 12.8 Å². The molecule has 0 aromatic rings. The van der Waals surface area contributed by atoms with Crippen LogP contribution >= 0.6 is 0 Å². The predicted octanol–water partition coefficient (Wildman–Crippen LogP) is -0.581. The van der Waals surface area contributed by atoms with Gasteiger partial charge in [0.25, 0.3) is 10.1 Å². The minimum absolute atomic E-state index is 0.164. The lowest BCUT2D eigenvalue weighted by molar-refractivity contribution is -0.163. The zero-order valence-electron chi connectivity index (χ0n) is 10.5. The highest BCUT2D eigenvalue weighted by atomic mass is 32.2. The molecule has 1 rings (SSSR count). The minimum Gasteiger partial charge on any atom is -0.392 e. The minimum atomic E-state index is -3.55. The lowest BCUT2D eigenvalue weighted by atomic mass is 10.2. The van der Waals surface area contributed by atoms with Crippen LogP contribution in [0, 0.1) is 5.92 Å². The molecule has 0 aromatic heterocycles. The average molecular weight is 279 g/mol. The van der Waals surface area contributed by atoms with Crippen LogP contribution in [0.15, 0.2) is 0 Å². The fourth-order valence-corrected chi connectivity index (χ4v) is 2.13. The van der Waals surface area contributed by atoms with Crippen molar-refractivity contribution in [2.45, 2.75) is 32.4 Å². The Kier molecular flexibility index (Phi) is 4.83. The smallest absolute Gasteiger partial charge is 0.330 e. The zero-order chi connectivity index (χ0) is 13.9. The third-order valence-electron chi connectivity index (χ3n) is 2.36. The molecule has 0 saturated carbocycles. The third-order valence-corrected chi connectivity index (χ3v) is 2.98. The highest BCUT2D eigenvalue weighted by molar-refractivity contribution is 7.86. The lowest BCUT2D eigenvalue weighted by Crippen LogP contribution is -2.34. The van der Waals surface area contributed by atoms with Gasteiger partial charge in [-0.05, 0) is 0 Å². The molecule has 2 unspecified atom stereocenters. The second-order valence-electron chi connectivity index (χ2n) is 4.51. The van der Waals surface area contributed by atoms with E-state index in [1.54, 1.807) is 13.8 Å². The van der Waals surface area contributed by atoms with Gasteiger partial charge in [-0.2, -0.15) is 8.42 Å². The Labute approximate surface area is 106 Å². The summed E-state index contributed by atoms with van der Waals surface area (Å²) in [5, 5.41) is 2.76. The first-order valence-corrected chi connectivity index (χ1v) is 7.38. The molecule has 2 atom stereocenters. The number of carbonyl (C=O) groups is 2. The summed E-state index contributed by atoms with van der Waals surface area (Å²) in [6, 6.07) is -0.709. The summed E-state index contributed by atoms with van der Waals surface area (Å²) < 4.78 is 31.2. The molecule has 1 aliphatic rings. The van der Waals surface area contributed by atoms with Crippen LogP contribution in [0.25, 0.3) is 0 Å². The quantitative estimate of drug-likeness (QED) is 0.417. The van der Waals surface area contributed by atoms with Crippen molar-refractivity contribution in [3.05, 3.63) is 0 Å². The van der Waals surface area contributed by atoms with Crippen LogP contribution in [0.2, 0.25) is 0 Å². The summed E-state index contributed by atoms with van der Waals surface area (Å²) in [5.74, 6) is -1.69.